The quantitative estimate of drug-likeness (QED) is 0.703. The van der Waals surface area contributed by atoms with Crippen molar-refractivity contribution in [1.29, 1.82) is 0 Å². The van der Waals surface area contributed by atoms with Gasteiger partial charge in [0.05, 0.1) is 5.41 Å². The van der Waals surface area contributed by atoms with Gasteiger partial charge >= 0.3 is 0 Å². The van der Waals surface area contributed by atoms with Gasteiger partial charge in [-0.15, -0.1) is 0 Å². The van der Waals surface area contributed by atoms with E-state index >= 15 is 0 Å². The lowest BCUT2D eigenvalue weighted by Gasteiger charge is -2.36. The average molecular weight is 211 g/mol. The molecule has 2 nitrogen and oxygen atoms in total. The van der Waals surface area contributed by atoms with Gasteiger partial charge in [0.1, 0.15) is 0 Å². The first-order valence-corrected chi connectivity index (χ1v) is 6.15. The minimum Gasteiger partial charge on any atom is -0.340 e. The summed E-state index contributed by atoms with van der Waals surface area (Å²) in [6, 6.07) is 0.344. The number of rotatable bonds is 3. The fourth-order valence-corrected chi connectivity index (χ4v) is 3.01. The van der Waals surface area contributed by atoms with Gasteiger partial charge < -0.3 is 4.90 Å². The Morgan fingerprint density at radius 1 is 1.07 bits per heavy atom. The molecular weight excluding hydrogens is 186 g/mol. The molecule has 0 unspecified atom stereocenters. The third-order valence-electron chi connectivity index (χ3n) is 4.11. The maximum absolute atomic E-state index is 12.5. The topological polar surface area (TPSA) is 20.3 Å². The van der Waals surface area contributed by atoms with Gasteiger partial charge in [-0.2, -0.15) is 0 Å². The number of likely N-dealkylation sites (tertiary alicyclic amines) is 1. The van der Waals surface area contributed by atoms with Crippen molar-refractivity contribution < 1.29 is 4.79 Å². The summed E-state index contributed by atoms with van der Waals surface area (Å²) < 4.78 is 0. The van der Waals surface area contributed by atoms with E-state index in [1.807, 2.05) is 4.90 Å². The molecule has 1 aliphatic heterocycles. The van der Waals surface area contributed by atoms with Crippen LogP contribution in [0.4, 0.5) is 0 Å². The summed E-state index contributed by atoms with van der Waals surface area (Å²) in [6.45, 7) is 13.9. The van der Waals surface area contributed by atoms with E-state index in [1.165, 1.54) is 0 Å². The molecule has 2 heteroatoms. The van der Waals surface area contributed by atoms with E-state index in [0.29, 0.717) is 23.8 Å². The first kappa shape index (κ1) is 12.5. The average Bonchev–Trinajstić information content (AvgIpc) is 2.43. The molecule has 1 fully saturated rings. The molecule has 0 aliphatic carbocycles. The molecule has 15 heavy (non-hydrogen) atoms. The fraction of sp³-hybridized carbons (Fsp3) is 0.923. The zero-order valence-electron chi connectivity index (χ0n) is 11.0. The van der Waals surface area contributed by atoms with Crippen LogP contribution in [0.3, 0.4) is 0 Å². The van der Waals surface area contributed by atoms with E-state index in [-0.39, 0.29) is 5.41 Å². The van der Waals surface area contributed by atoms with Crippen LogP contribution in [0.15, 0.2) is 0 Å². The Hall–Kier alpha value is -0.530. The van der Waals surface area contributed by atoms with Gasteiger partial charge in [-0.25, -0.2) is 0 Å². The Morgan fingerprint density at radius 3 is 1.73 bits per heavy atom. The highest BCUT2D eigenvalue weighted by molar-refractivity contribution is 5.85. The summed E-state index contributed by atoms with van der Waals surface area (Å²) in [5.41, 5.74) is -0.107. The zero-order chi connectivity index (χ0) is 11.8. The lowest BCUT2D eigenvalue weighted by atomic mass is 9.68. The molecule has 0 saturated carbocycles. The van der Waals surface area contributed by atoms with Crippen molar-refractivity contribution in [2.24, 2.45) is 17.3 Å². The molecular formula is C13H25NO. The van der Waals surface area contributed by atoms with Crippen molar-refractivity contribution in [2.45, 2.75) is 54.0 Å². The molecule has 0 aromatic heterocycles. The molecule has 0 spiro atoms. The minimum absolute atomic E-state index is 0.107. The van der Waals surface area contributed by atoms with E-state index in [0.717, 1.165) is 13.0 Å². The van der Waals surface area contributed by atoms with Crippen LogP contribution in [0.2, 0.25) is 0 Å². The molecule has 0 aromatic carbocycles. The van der Waals surface area contributed by atoms with E-state index in [2.05, 4.69) is 41.5 Å². The minimum atomic E-state index is -0.107. The molecule has 1 saturated heterocycles. The van der Waals surface area contributed by atoms with Crippen LogP contribution in [0.5, 0.6) is 0 Å². The van der Waals surface area contributed by atoms with Crippen LogP contribution in [0, 0.1) is 17.3 Å². The van der Waals surface area contributed by atoms with Crippen molar-refractivity contribution in [3.63, 3.8) is 0 Å². The van der Waals surface area contributed by atoms with E-state index in [4.69, 9.17) is 0 Å². The number of hydrogen-bond acceptors (Lipinski definition) is 1. The molecule has 0 aromatic rings. The Labute approximate surface area is 94.0 Å². The summed E-state index contributed by atoms with van der Waals surface area (Å²) in [5.74, 6) is 1.25. The largest absolute Gasteiger partial charge is 0.340 e. The van der Waals surface area contributed by atoms with E-state index < -0.39 is 0 Å². The van der Waals surface area contributed by atoms with Gasteiger partial charge in [-0.1, -0.05) is 27.7 Å². The third kappa shape index (κ3) is 1.79. The van der Waals surface area contributed by atoms with Crippen LogP contribution in [-0.2, 0) is 4.79 Å². The van der Waals surface area contributed by atoms with Crippen LogP contribution in [0.1, 0.15) is 48.0 Å². The van der Waals surface area contributed by atoms with Gasteiger partial charge in [0.2, 0.25) is 5.91 Å². The summed E-state index contributed by atoms with van der Waals surface area (Å²) in [6.07, 6.45) is 1.03. The van der Waals surface area contributed by atoms with Crippen LogP contribution in [0.25, 0.3) is 0 Å². The Balaban J connectivity index is 3.00. The fourth-order valence-electron chi connectivity index (χ4n) is 3.01. The van der Waals surface area contributed by atoms with Gasteiger partial charge in [-0.3, -0.25) is 4.79 Å². The SMILES string of the molecule is CC(C)N1CCC(C(C)C)(C(C)C)C1=O. The standard InChI is InChI=1S/C13H25NO/c1-9(2)13(10(3)4)7-8-14(11(5)6)12(13)15/h9-11H,7-8H2,1-6H3. The smallest absolute Gasteiger partial charge is 0.229 e. The maximum atomic E-state index is 12.5. The zero-order valence-corrected chi connectivity index (χ0v) is 11.0. The van der Waals surface area contributed by atoms with E-state index in [1.54, 1.807) is 0 Å². The highest BCUT2D eigenvalue weighted by Crippen LogP contribution is 2.45. The number of carbonyl (C=O) groups excluding carboxylic acids is 1. The molecule has 0 N–H and O–H groups in total. The molecule has 0 radical (unpaired) electrons. The molecule has 1 amide bonds. The summed E-state index contributed by atoms with van der Waals surface area (Å²) in [7, 11) is 0. The van der Waals surface area contributed by atoms with Gasteiger partial charge in [0.15, 0.2) is 0 Å². The predicted molar refractivity (Wildman–Crippen MR) is 63.6 cm³/mol. The molecule has 0 bridgehead atoms. The Kier molecular flexibility index (Phi) is 3.47. The number of carbonyl (C=O) groups is 1. The highest BCUT2D eigenvalue weighted by Gasteiger charge is 2.51. The Morgan fingerprint density at radius 2 is 1.53 bits per heavy atom. The normalized spacial score (nSPS) is 21.1. The molecule has 1 rings (SSSR count). The van der Waals surface area contributed by atoms with Crippen LogP contribution in [-0.4, -0.2) is 23.4 Å². The van der Waals surface area contributed by atoms with E-state index in [9.17, 15) is 4.79 Å². The second-order valence-corrected chi connectivity index (χ2v) is 5.69. The van der Waals surface area contributed by atoms with Crippen LogP contribution >= 0.6 is 0 Å². The summed E-state index contributed by atoms with van der Waals surface area (Å²) in [4.78, 5) is 14.5. The monoisotopic (exact) mass is 211 g/mol. The van der Waals surface area contributed by atoms with Crippen molar-refractivity contribution >= 4 is 5.91 Å². The van der Waals surface area contributed by atoms with Gasteiger partial charge in [-0.05, 0) is 32.1 Å². The first-order valence-electron chi connectivity index (χ1n) is 6.15. The number of nitrogens with zero attached hydrogens (tertiary/aromatic N) is 1. The number of hydrogen-bond donors (Lipinski definition) is 0. The second-order valence-electron chi connectivity index (χ2n) is 5.69. The molecule has 1 aliphatic rings. The Bertz CT molecular complexity index is 235. The highest BCUT2D eigenvalue weighted by atomic mass is 16.2. The molecule has 1 heterocycles. The maximum Gasteiger partial charge on any atom is 0.229 e. The first-order chi connectivity index (χ1) is 6.84. The van der Waals surface area contributed by atoms with Crippen LogP contribution < -0.4 is 0 Å². The molecule has 88 valence electrons. The lowest BCUT2D eigenvalue weighted by molar-refractivity contribution is -0.142. The van der Waals surface area contributed by atoms with Crippen molar-refractivity contribution in [3.05, 3.63) is 0 Å². The van der Waals surface area contributed by atoms with Gasteiger partial charge in [0, 0.05) is 12.6 Å². The van der Waals surface area contributed by atoms with Gasteiger partial charge in [0.25, 0.3) is 0 Å². The van der Waals surface area contributed by atoms with Crippen molar-refractivity contribution in [1.82, 2.24) is 4.90 Å². The summed E-state index contributed by atoms with van der Waals surface area (Å²) >= 11 is 0. The predicted octanol–water partition coefficient (Wildman–Crippen LogP) is 2.93. The van der Waals surface area contributed by atoms with Crippen molar-refractivity contribution in [2.75, 3.05) is 6.54 Å². The van der Waals surface area contributed by atoms with Crippen molar-refractivity contribution in [3.8, 4) is 0 Å². The second kappa shape index (κ2) is 4.15. The third-order valence-corrected chi connectivity index (χ3v) is 4.11. The lowest BCUT2D eigenvalue weighted by Crippen LogP contribution is -2.44. The molecule has 0 atom stereocenters. The summed E-state index contributed by atoms with van der Waals surface area (Å²) in [5, 5.41) is 0. The number of amides is 1.